The summed E-state index contributed by atoms with van der Waals surface area (Å²) in [6.07, 6.45) is 2.58. The van der Waals surface area contributed by atoms with Gasteiger partial charge >= 0.3 is 0 Å². The molecule has 0 bridgehead atoms. The highest BCUT2D eigenvalue weighted by Crippen LogP contribution is 2.10. The predicted octanol–water partition coefficient (Wildman–Crippen LogP) is 1.69. The van der Waals surface area contributed by atoms with Crippen LogP contribution < -0.4 is 10.5 Å². The topological polar surface area (TPSA) is 51.4 Å². The van der Waals surface area contributed by atoms with Crippen molar-refractivity contribution in [2.24, 2.45) is 5.73 Å². The molecule has 0 aliphatic heterocycles. The van der Waals surface area contributed by atoms with Crippen LogP contribution in [0.15, 0.2) is 18.3 Å². The van der Waals surface area contributed by atoms with E-state index in [9.17, 15) is 0 Å². The molecule has 102 valence electrons. The maximum Gasteiger partial charge on any atom is 0.137 e. The number of pyridine rings is 1. The van der Waals surface area contributed by atoms with Crippen molar-refractivity contribution in [3.8, 4) is 5.75 Å². The molecule has 0 aliphatic carbocycles. The highest BCUT2D eigenvalue weighted by molar-refractivity contribution is 5.20. The molecule has 0 fully saturated rings. The van der Waals surface area contributed by atoms with Crippen molar-refractivity contribution < 1.29 is 4.74 Å². The molecule has 0 radical (unpaired) electrons. The summed E-state index contributed by atoms with van der Waals surface area (Å²) >= 11 is 0. The van der Waals surface area contributed by atoms with Gasteiger partial charge in [0.05, 0.1) is 6.20 Å². The average Bonchev–Trinajstić information content (AvgIpc) is 2.36. The van der Waals surface area contributed by atoms with E-state index in [4.69, 9.17) is 10.5 Å². The van der Waals surface area contributed by atoms with Gasteiger partial charge in [-0.2, -0.15) is 0 Å². The number of hydrogen-bond acceptors (Lipinski definition) is 4. The Balaban J connectivity index is 2.35. The summed E-state index contributed by atoms with van der Waals surface area (Å²) in [6.45, 7) is 10.1. The first-order valence-electron chi connectivity index (χ1n) is 6.71. The van der Waals surface area contributed by atoms with Gasteiger partial charge < -0.3 is 15.4 Å². The molecule has 0 spiro atoms. The molecule has 1 rings (SSSR count). The summed E-state index contributed by atoms with van der Waals surface area (Å²) in [5.41, 5.74) is 6.74. The zero-order valence-corrected chi connectivity index (χ0v) is 11.7. The molecule has 4 heteroatoms. The summed E-state index contributed by atoms with van der Waals surface area (Å²) in [4.78, 5) is 6.67. The Morgan fingerprint density at radius 2 is 2.06 bits per heavy atom. The van der Waals surface area contributed by atoms with Crippen LogP contribution in [0.1, 0.15) is 26.5 Å². The van der Waals surface area contributed by atoms with Gasteiger partial charge in [0.15, 0.2) is 0 Å². The Hall–Kier alpha value is -1.13. The van der Waals surface area contributed by atoms with Gasteiger partial charge in [-0.15, -0.1) is 0 Å². The first kappa shape index (κ1) is 14.9. The largest absolute Gasteiger partial charge is 0.491 e. The predicted molar refractivity (Wildman–Crippen MR) is 74.9 cm³/mol. The second-order valence-electron chi connectivity index (χ2n) is 4.54. The Morgan fingerprint density at radius 3 is 2.56 bits per heavy atom. The monoisotopic (exact) mass is 251 g/mol. The second kappa shape index (κ2) is 8.06. The Kier molecular flexibility index (Phi) is 6.68. The van der Waals surface area contributed by atoms with Crippen molar-refractivity contribution in [1.82, 2.24) is 9.88 Å². The lowest BCUT2D eigenvalue weighted by molar-refractivity contribution is 0.222. The molecular formula is C14H25N3O. The third-order valence-corrected chi connectivity index (χ3v) is 2.90. The zero-order valence-electron chi connectivity index (χ0n) is 11.7. The smallest absolute Gasteiger partial charge is 0.137 e. The molecule has 1 heterocycles. The van der Waals surface area contributed by atoms with Crippen molar-refractivity contribution in [1.29, 1.82) is 0 Å². The molecule has 18 heavy (non-hydrogen) atoms. The Morgan fingerprint density at radius 1 is 1.33 bits per heavy atom. The molecule has 0 aromatic carbocycles. The maximum absolute atomic E-state index is 5.73. The van der Waals surface area contributed by atoms with Crippen LogP contribution in [-0.2, 0) is 6.42 Å². The zero-order chi connectivity index (χ0) is 13.4. The number of aromatic nitrogens is 1. The number of rotatable bonds is 8. The Bertz CT molecular complexity index is 320. The van der Waals surface area contributed by atoms with E-state index < -0.39 is 0 Å². The minimum Gasteiger partial charge on any atom is -0.491 e. The van der Waals surface area contributed by atoms with Gasteiger partial charge in [0, 0.05) is 24.7 Å². The van der Waals surface area contributed by atoms with E-state index >= 15 is 0 Å². The molecule has 0 saturated heterocycles. The molecule has 1 unspecified atom stereocenters. The number of likely N-dealkylation sites (N-methyl/N-ethyl adjacent to an activating group) is 1. The molecule has 0 amide bonds. The van der Waals surface area contributed by atoms with Gasteiger partial charge in [-0.3, -0.25) is 4.98 Å². The third-order valence-electron chi connectivity index (χ3n) is 2.90. The van der Waals surface area contributed by atoms with E-state index in [1.165, 1.54) is 0 Å². The van der Waals surface area contributed by atoms with Gasteiger partial charge in [-0.25, -0.2) is 0 Å². The van der Waals surface area contributed by atoms with Crippen LogP contribution in [-0.4, -0.2) is 42.2 Å². The van der Waals surface area contributed by atoms with E-state index in [0.717, 1.165) is 37.5 Å². The van der Waals surface area contributed by atoms with Crippen molar-refractivity contribution >= 4 is 0 Å². The van der Waals surface area contributed by atoms with Crippen molar-refractivity contribution in [2.45, 2.75) is 33.2 Å². The number of nitrogens with two attached hydrogens (primary N) is 1. The molecule has 2 N–H and O–H groups in total. The van der Waals surface area contributed by atoms with Gasteiger partial charge in [-0.05, 0) is 32.1 Å². The first-order valence-corrected chi connectivity index (χ1v) is 6.71. The van der Waals surface area contributed by atoms with Crippen LogP contribution in [0.4, 0.5) is 0 Å². The second-order valence-corrected chi connectivity index (χ2v) is 4.54. The fourth-order valence-corrected chi connectivity index (χ4v) is 1.78. The summed E-state index contributed by atoms with van der Waals surface area (Å²) < 4.78 is 5.66. The minimum atomic E-state index is 0.145. The summed E-state index contributed by atoms with van der Waals surface area (Å²) in [6, 6.07) is 4.09. The van der Waals surface area contributed by atoms with Gasteiger partial charge in [0.25, 0.3) is 0 Å². The first-order chi connectivity index (χ1) is 8.65. The average molecular weight is 251 g/mol. The quantitative estimate of drug-likeness (QED) is 0.764. The lowest BCUT2D eigenvalue weighted by Gasteiger charge is -2.17. The van der Waals surface area contributed by atoms with Crippen LogP contribution in [0.2, 0.25) is 0 Å². The van der Waals surface area contributed by atoms with Crippen molar-refractivity contribution in [3.63, 3.8) is 0 Å². The van der Waals surface area contributed by atoms with E-state index in [0.29, 0.717) is 6.61 Å². The molecule has 1 atom stereocenters. The Labute approximate surface area is 110 Å². The summed E-state index contributed by atoms with van der Waals surface area (Å²) in [5, 5.41) is 0. The van der Waals surface area contributed by atoms with Crippen LogP contribution in [0, 0.1) is 0 Å². The van der Waals surface area contributed by atoms with Crippen molar-refractivity contribution in [3.05, 3.63) is 24.0 Å². The van der Waals surface area contributed by atoms with Gasteiger partial charge in [0.1, 0.15) is 12.4 Å². The molecule has 1 aromatic heterocycles. The van der Waals surface area contributed by atoms with E-state index in [-0.39, 0.29) is 6.04 Å². The van der Waals surface area contributed by atoms with Gasteiger partial charge in [0.2, 0.25) is 0 Å². The fourth-order valence-electron chi connectivity index (χ4n) is 1.78. The lowest BCUT2D eigenvalue weighted by atomic mass is 10.2. The summed E-state index contributed by atoms with van der Waals surface area (Å²) in [7, 11) is 0. The van der Waals surface area contributed by atoms with E-state index in [2.05, 4.69) is 23.7 Å². The van der Waals surface area contributed by atoms with Gasteiger partial charge in [-0.1, -0.05) is 13.8 Å². The molecule has 1 aromatic rings. The maximum atomic E-state index is 5.73. The summed E-state index contributed by atoms with van der Waals surface area (Å²) in [5.74, 6) is 0.829. The number of ether oxygens (including phenoxy) is 1. The SMILES string of the molecule is CCN(CC)CCOc1ccc(CC(C)N)nc1. The van der Waals surface area contributed by atoms with Crippen LogP contribution in [0.5, 0.6) is 5.75 Å². The van der Waals surface area contributed by atoms with Crippen LogP contribution in [0.3, 0.4) is 0 Å². The molecule has 4 nitrogen and oxygen atoms in total. The normalized spacial score (nSPS) is 12.7. The van der Waals surface area contributed by atoms with E-state index in [1.54, 1.807) is 6.20 Å². The minimum absolute atomic E-state index is 0.145. The van der Waals surface area contributed by atoms with Crippen LogP contribution in [0.25, 0.3) is 0 Å². The van der Waals surface area contributed by atoms with E-state index in [1.807, 2.05) is 19.1 Å². The molecule has 0 aliphatic rings. The number of hydrogen-bond donors (Lipinski definition) is 1. The van der Waals surface area contributed by atoms with Crippen LogP contribution >= 0.6 is 0 Å². The molecule has 0 saturated carbocycles. The molecular weight excluding hydrogens is 226 g/mol. The third kappa shape index (κ3) is 5.47. The standard InChI is InChI=1S/C14H25N3O/c1-4-17(5-2)8-9-18-14-7-6-13(16-11-14)10-12(3)15/h6-7,11-12H,4-5,8-10,15H2,1-3H3. The van der Waals surface area contributed by atoms with Crippen molar-refractivity contribution in [2.75, 3.05) is 26.2 Å². The number of nitrogens with zero attached hydrogens (tertiary/aromatic N) is 2. The highest BCUT2D eigenvalue weighted by Gasteiger charge is 2.02. The highest BCUT2D eigenvalue weighted by atomic mass is 16.5. The fraction of sp³-hybridized carbons (Fsp3) is 0.643. The lowest BCUT2D eigenvalue weighted by Crippen LogP contribution is -2.27.